The van der Waals surface area contributed by atoms with Gasteiger partial charge in [0.15, 0.2) is 0 Å². The van der Waals surface area contributed by atoms with Gasteiger partial charge in [-0.15, -0.1) is 5.10 Å². The van der Waals surface area contributed by atoms with Gasteiger partial charge in [-0.2, -0.15) is 0 Å². The summed E-state index contributed by atoms with van der Waals surface area (Å²) >= 11 is 1.41. The van der Waals surface area contributed by atoms with Crippen LogP contribution in [0.3, 0.4) is 0 Å². The van der Waals surface area contributed by atoms with Crippen molar-refractivity contribution in [1.82, 2.24) is 19.1 Å². The predicted molar refractivity (Wildman–Crippen MR) is 86.9 cm³/mol. The minimum Gasteiger partial charge on any atom is -0.374 e. The molecule has 0 atom stereocenters. The highest BCUT2D eigenvalue weighted by Crippen LogP contribution is 2.23. The van der Waals surface area contributed by atoms with Gasteiger partial charge in [-0.3, -0.25) is 0 Å². The summed E-state index contributed by atoms with van der Waals surface area (Å²) in [5.41, 5.74) is 3.20. The number of rotatable bonds is 6. The summed E-state index contributed by atoms with van der Waals surface area (Å²) in [4.78, 5) is 4.76. The molecule has 0 amide bonds. The molecule has 0 radical (unpaired) electrons. The second kappa shape index (κ2) is 6.22. The monoisotopic (exact) mass is 301 g/mol. The molecule has 2 heterocycles. The number of hydrogen-bond donors (Lipinski definition) is 1. The Morgan fingerprint density at radius 2 is 2.10 bits per heavy atom. The van der Waals surface area contributed by atoms with E-state index in [0.29, 0.717) is 6.54 Å². The number of nitrogens with one attached hydrogen (secondary N) is 1. The highest BCUT2D eigenvalue weighted by Gasteiger charge is 2.14. The summed E-state index contributed by atoms with van der Waals surface area (Å²) in [7, 11) is 0. The van der Waals surface area contributed by atoms with Crippen LogP contribution < -0.4 is 5.32 Å². The van der Waals surface area contributed by atoms with Crippen molar-refractivity contribution in [2.24, 2.45) is 0 Å². The lowest BCUT2D eigenvalue weighted by atomic mass is 10.3. The van der Waals surface area contributed by atoms with E-state index in [9.17, 15) is 0 Å². The molecule has 0 aliphatic carbocycles. The first kappa shape index (κ1) is 14.0. The molecule has 2 aromatic heterocycles. The lowest BCUT2D eigenvalue weighted by molar-refractivity contribution is 0.708. The Labute approximate surface area is 128 Å². The van der Waals surface area contributed by atoms with E-state index in [-0.39, 0.29) is 0 Å². The van der Waals surface area contributed by atoms with E-state index >= 15 is 0 Å². The van der Waals surface area contributed by atoms with Gasteiger partial charge in [0.05, 0.1) is 17.6 Å². The van der Waals surface area contributed by atoms with Crippen molar-refractivity contribution in [2.75, 3.05) is 11.9 Å². The minimum absolute atomic E-state index is 0.717. The molecule has 0 fully saturated rings. The third-order valence-corrected chi connectivity index (χ3v) is 4.13. The first-order valence-electron chi connectivity index (χ1n) is 7.32. The Bertz CT molecular complexity index is 731. The third-order valence-electron chi connectivity index (χ3n) is 3.41. The van der Waals surface area contributed by atoms with Crippen LogP contribution >= 0.6 is 11.5 Å². The fraction of sp³-hybridized carbons (Fsp3) is 0.400. The molecule has 0 saturated carbocycles. The minimum atomic E-state index is 0.717. The summed E-state index contributed by atoms with van der Waals surface area (Å²) in [6.45, 7) is 5.86. The lowest BCUT2D eigenvalue weighted by Gasteiger charge is -2.08. The van der Waals surface area contributed by atoms with Crippen LogP contribution in [-0.4, -0.2) is 25.7 Å². The normalized spacial score (nSPS) is 11.1. The van der Waals surface area contributed by atoms with Crippen molar-refractivity contribution in [3.05, 3.63) is 35.8 Å². The zero-order valence-corrected chi connectivity index (χ0v) is 13.2. The number of fused-ring (bicyclic) bond motifs is 1. The molecule has 1 N–H and O–H groups in total. The van der Waals surface area contributed by atoms with Crippen LogP contribution in [0, 0.1) is 0 Å². The predicted octanol–water partition coefficient (Wildman–Crippen LogP) is 3.32. The van der Waals surface area contributed by atoms with Crippen LogP contribution in [0.5, 0.6) is 0 Å². The Balaban J connectivity index is 2.02. The molecule has 0 unspecified atom stereocenters. The number of aryl methyl sites for hydroxylation is 1. The maximum absolute atomic E-state index is 4.76. The second-order valence-electron chi connectivity index (χ2n) is 4.93. The molecule has 0 aliphatic rings. The van der Waals surface area contributed by atoms with Gasteiger partial charge in [0.25, 0.3) is 0 Å². The highest BCUT2D eigenvalue weighted by atomic mass is 32.1. The summed E-state index contributed by atoms with van der Waals surface area (Å²) < 4.78 is 6.33. The molecule has 3 rings (SSSR count). The van der Waals surface area contributed by atoms with E-state index in [0.717, 1.165) is 46.9 Å². The number of para-hydroxylation sites is 2. The SMILES string of the molecule is CCCc1nc2ccccc2n1Cc1nnsc1NCC. The van der Waals surface area contributed by atoms with E-state index in [1.807, 2.05) is 6.07 Å². The van der Waals surface area contributed by atoms with Gasteiger partial charge in [0.1, 0.15) is 16.5 Å². The van der Waals surface area contributed by atoms with Crippen molar-refractivity contribution in [3.8, 4) is 0 Å². The summed E-state index contributed by atoms with van der Waals surface area (Å²) in [5, 5.41) is 8.66. The van der Waals surface area contributed by atoms with Gasteiger partial charge >= 0.3 is 0 Å². The van der Waals surface area contributed by atoms with Gasteiger partial charge in [-0.05, 0) is 25.5 Å². The van der Waals surface area contributed by atoms with E-state index in [2.05, 4.69) is 51.5 Å². The molecule has 21 heavy (non-hydrogen) atoms. The van der Waals surface area contributed by atoms with Crippen LogP contribution in [0.1, 0.15) is 31.8 Å². The van der Waals surface area contributed by atoms with Crippen molar-refractivity contribution < 1.29 is 0 Å². The zero-order valence-electron chi connectivity index (χ0n) is 12.3. The molecular formula is C15H19N5S. The molecule has 0 spiro atoms. The maximum atomic E-state index is 4.76. The standard InChI is InChI=1S/C15H19N5S/c1-3-7-14-17-11-8-5-6-9-13(11)20(14)10-12-15(16-4-2)21-19-18-12/h5-6,8-9,16H,3-4,7,10H2,1-2H3. The Hall–Kier alpha value is -1.95. The maximum Gasteiger partial charge on any atom is 0.135 e. The molecule has 0 aliphatic heterocycles. The molecule has 6 heteroatoms. The van der Waals surface area contributed by atoms with E-state index in [1.165, 1.54) is 11.5 Å². The number of aromatic nitrogens is 4. The van der Waals surface area contributed by atoms with Gasteiger partial charge < -0.3 is 9.88 Å². The van der Waals surface area contributed by atoms with E-state index < -0.39 is 0 Å². The largest absolute Gasteiger partial charge is 0.374 e. The second-order valence-corrected chi connectivity index (χ2v) is 5.69. The third kappa shape index (κ3) is 2.76. The lowest BCUT2D eigenvalue weighted by Crippen LogP contribution is -2.08. The van der Waals surface area contributed by atoms with Crippen molar-refractivity contribution >= 4 is 27.6 Å². The highest BCUT2D eigenvalue weighted by molar-refractivity contribution is 7.10. The Morgan fingerprint density at radius 1 is 1.24 bits per heavy atom. The Kier molecular flexibility index (Phi) is 4.15. The van der Waals surface area contributed by atoms with E-state index in [4.69, 9.17) is 4.98 Å². The molecule has 0 bridgehead atoms. The number of imidazole rings is 1. The molecule has 0 saturated heterocycles. The van der Waals surface area contributed by atoms with Crippen molar-refractivity contribution in [2.45, 2.75) is 33.2 Å². The van der Waals surface area contributed by atoms with Crippen LogP contribution in [0.2, 0.25) is 0 Å². The van der Waals surface area contributed by atoms with Gasteiger partial charge in [0, 0.05) is 24.5 Å². The summed E-state index contributed by atoms with van der Waals surface area (Å²) in [5.74, 6) is 1.12. The Morgan fingerprint density at radius 3 is 2.90 bits per heavy atom. The average molecular weight is 301 g/mol. The molecule has 3 aromatic rings. The quantitative estimate of drug-likeness (QED) is 0.759. The van der Waals surface area contributed by atoms with Gasteiger partial charge in [0.2, 0.25) is 0 Å². The van der Waals surface area contributed by atoms with Crippen LogP contribution in [-0.2, 0) is 13.0 Å². The molecule has 1 aromatic carbocycles. The number of nitrogens with zero attached hydrogens (tertiary/aromatic N) is 4. The average Bonchev–Trinajstić information content (AvgIpc) is 3.06. The van der Waals surface area contributed by atoms with Crippen LogP contribution in [0.25, 0.3) is 11.0 Å². The van der Waals surface area contributed by atoms with Crippen molar-refractivity contribution in [1.29, 1.82) is 0 Å². The molecular weight excluding hydrogens is 282 g/mol. The van der Waals surface area contributed by atoms with Gasteiger partial charge in [-0.1, -0.05) is 23.5 Å². The van der Waals surface area contributed by atoms with Gasteiger partial charge in [-0.25, -0.2) is 4.98 Å². The van der Waals surface area contributed by atoms with Crippen LogP contribution in [0.4, 0.5) is 5.00 Å². The topological polar surface area (TPSA) is 55.6 Å². The fourth-order valence-corrected chi connectivity index (χ4v) is 3.11. The molecule has 5 nitrogen and oxygen atoms in total. The summed E-state index contributed by atoms with van der Waals surface area (Å²) in [6, 6.07) is 8.27. The first-order valence-corrected chi connectivity index (χ1v) is 8.10. The molecule has 110 valence electrons. The number of benzene rings is 1. The van der Waals surface area contributed by atoms with Crippen molar-refractivity contribution in [3.63, 3.8) is 0 Å². The summed E-state index contributed by atoms with van der Waals surface area (Å²) in [6.07, 6.45) is 2.06. The number of hydrogen-bond acceptors (Lipinski definition) is 5. The first-order chi connectivity index (χ1) is 10.3. The fourth-order valence-electron chi connectivity index (χ4n) is 2.47. The van der Waals surface area contributed by atoms with E-state index in [1.54, 1.807) is 0 Å². The zero-order chi connectivity index (χ0) is 14.7. The smallest absolute Gasteiger partial charge is 0.135 e. The van der Waals surface area contributed by atoms with Crippen LogP contribution in [0.15, 0.2) is 24.3 Å². The number of anilines is 1.